The lowest BCUT2D eigenvalue weighted by atomic mass is 9.93. The van der Waals surface area contributed by atoms with Gasteiger partial charge in [0.15, 0.2) is 0 Å². The monoisotopic (exact) mass is 394 g/mol. The van der Waals surface area contributed by atoms with E-state index in [-0.39, 0.29) is 0 Å². The van der Waals surface area contributed by atoms with Crippen LogP contribution in [0.1, 0.15) is 22.3 Å². The van der Waals surface area contributed by atoms with E-state index in [9.17, 15) is 0 Å². The maximum atomic E-state index is 2.37. The summed E-state index contributed by atoms with van der Waals surface area (Å²) in [5, 5.41) is 2.75. The number of hydrogen-bond donors (Lipinski definition) is 0. The lowest BCUT2D eigenvalue weighted by Crippen LogP contribution is -2.04. The molecular weight excluding hydrogens is 367 g/mol. The van der Waals surface area contributed by atoms with Gasteiger partial charge in [0.25, 0.3) is 0 Å². The van der Waals surface area contributed by atoms with E-state index in [0.717, 1.165) is 0 Å². The van der Waals surface area contributed by atoms with Crippen molar-refractivity contribution < 1.29 is 0 Å². The highest BCUT2D eigenvalue weighted by Gasteiger charge is 2.10. The first-order chi connectivity index (χ1) is 14.0. The van der Waals surface area contributed by atoms with Crippen LogP contribution < -0.4 is 10.6 Å². The van der Waals surface area contributed by atoms with Crippen LogP contribution in [-0.2, 0) is 0 Å². The molecule has 4 aromatic rings. The van der Waals surface area contributed by atoms with Crippen molar-refractivity contribution in [2.75, 3.05) is 0 Å². The summed E-state index contributed by atoms with van der Waals surface area (Å²) in [6.45, 7) is 8.74. The van der Waals surface area contributed by atoms with Gasteiger partial charge in [-0.05, 0) is 89.9 Å². The van der Waals surface area contributed by atoms with Crippen LogP contribution in [0.5, 0.6) is 0 Å². The second kappa shape index (κ2) is 8.36. The van der Waals surface area contributed by atoms with E-state index >= 15 is 0 Å². The van der Waals surface area contributed by atoms with Crippen molar-refractivity contribution in [2.24, 2.45) is 0 Å². The molecular formula is C28H27P. The fraction of sp³-hybridized carbons (Fsp3) is 0.143. The van der Waals surface area contributed by atoms with Gasteiger partial charge in [-0.2, -0.15) is 0 Å². The number of benzene rings is 4. The van der Waals surface area contributed by atoms with Gasteiger partial charge < -0.3 is 0 Å². The van der Waals surface area contributed by atoms with Crippen LogP contribution in [0.15, 0.2) is 84.9 Å². The first-order valence-electron chi connectivity index (χ1n) is 10.1. The van der Waals surface area contributed by atoms with Crippen LogP contribution in [0.4, 0.5) is 0 Å². The molecule has 0 heterocycles. The molecule has 0 aromatic heterocycles. The van der Waals surface area contributed by atoms with E-state index in [1.807, 2.05) is 0 Å². The Morgan fingerprint density at radius 1 is 0.483 bits per heavy atom. The number of aryl methyl sites for hydroxylation is 4. The highest BCUT2D eigenvalue weighted by atomic mass is 31.1. The van der Waals surface area contributed by atoms with Crippen molar-refractivity contribution in [3.63, 3.8) is 0 Å². The Morgan fingerprint density at radius 3 is 1.48 bits per heavy atom. The van der Waals surface area contributed by atoms with Gasteiger partial charge in [0.1, 0.15) is 0 Å². The zero-order valence-corrected chi connectivity index (χ0v) is 18.6. The Morgan fingerprint density at radius 2 is 1.00 bits per heavy atom. The van der Waals surface area contributed by atoms with Crippen molar-refractivity contribution >= 4 is 19.2 Å². The quantitative estimate of drug-likeness (QED) is 0.331. The van der Waals surface area contributed by atoms with Gasteiger partial charge in [-0.1, -0.05) is 86.4 Å². The number of rotatable bonds is 4. The molecule has 0 bridgehead atoms. The molecule has 4 rings (SSSR count). The van der Waals surface area contributed by atoms with Crippen LogP contribution in [0.25, 0.3) is 22.3 Å². The van der Waals surface area contributed by atoms with Crippen LogP contribution in [0.2, 0.25) is 0 Å². The molecule has 0 aliphatic carbocycles. The summed E-state index contributed by atoms with van der Waals surface area (Å²) in [7, 11) is 0.648. The average molecular weight is 394 g/mol. The van der Waals surface area contributed by atoms with E-state index in [0.29, 0.717) is 8.58 Å². The maximum absolute atomic E-state index is 2.37. The smallest absolute Gasteiger partial charge is 0.0154 e. The molecule has 1 unspecified atom stereocenters. The minimum atomic E-state index is 0.648. The SMILES string of the molecule is Cc1ccc(-c2cc(Pc3ccccc3)cc(-c3ccc(C)cc3C)c2)c(C)c1. The molecule has 0 nitrogen and oxygen atoms in total. The standard InChI is InChI=1S/C28H27P/c1-19-10-12-27(21(3)14-19)23-16-24(28-13-11-20(2)15-22(28)4)18-26(17-23)29-25-8-6-5-7-9-25/h5-18,29H,1-4H3. The largest absolute Gasteiger partial charge is 0.0622 e. The van der Waals surface area contributed by atoms with E-state index in [2.05, 4.69) is 113 Å². The third-order valence-electron chi connectivity index (χ3n) is 5.38. The van der Waals surface area contributed by atoms with Gasteiger partial charge in [-0.3, -0.25) is 0 Å². The van der Waals surface area contributed by atoms with Gasteiger partial charge in [-0.15, -0.1) is 0 Å². The maximum Gasteiger partial charge on any atom is -0.0154 e. The van der Waals surface area contributed by atoms with Gasteiger partial charge in [-0.25, -0.2) is 0 Å². The topological polar surface area (TPSA) is 0 Å². The van der Waals surface area contributed by atoms with Crippen molar-refractivity contribution in [1.29, 1.82) is 0 Å². The van der Waals surface area contributed by atoms with Crippen molar-refractivity contribution in [1.82, 2.24) is 0 Å². The average Bonchev–Trinajstić information content (AvgIpc) is 2.68. The molecule has 144 valence electrons. The molecule has 29 heavy (non-hydrogen) atoms. The molecule has 0 aliphatic rings. The van der Waals surface area contributed by atoms with Crippen LogP contribution in [-0.4, -0.2) is 0 Å². The second-order valence-electron chi connectivity index (χ2n) is 7.93. The van der Waals surface area contributed by atoms with E-state index in [1.54, 1.807) is 0 Å². The van der Waals surface area contributed by atoms with Gasteiger partial charge >= 0.3 is 0 Å². The van der Waals surface area contributed by atoms with E-state index in [4.69, 9.17) is 0 Å². The van der Waals surface area contributed by atoms with Gasteiger partial charge in [0.2, 0.25) is 0 Å². The molecule has 0 radical (unpaired) electrons. The summed E-state index contributed by atoms with van der Waals surface area (Å²) < 4.78 is 0. The lowest BCUT2D eigenvalue weighted by Gasteiger charge is -2.15. The lowest BCUT2D eigenvalue weighted by molar-refractivity contribution is 1.37. The van der Waals surface area contributed by atoms with Crippen LogP contribution in [0.3, 0.4) is 0 Å². The molecule has 1 heteroatoms. The molecule has 1 atom stereocenters. The first kappa shape index (κ1) is 19.6. The fourth-order valence-electron chi connectivity index (χ4n) is 3.97. The molecule has 0 aliphatic heterocycles. The molecule has 0 fully saturated rings. The number of hydrogen-bond acceptors (Lipinski definition) is 0. The highest BCUT2D eigenvalue weighted by molar-refractivity contribution is 7.55. The van der Waals surface area contributed by atoms with Crippen LogP contribution >= 0.6 is 8.58 Å². The third kappa shape index (κ3) is 4.50. The normalized spacial score (nSPS) is 11.3. The Hall–Kier alpha value is -2.69. The highest BCUT2D eigenvalue weighted by Crippen LogP contribution is 2.32. The zero-order chi connectivity index (χ0) is 20.4. The summed E-state index contributed by atoms with van der Waals surface area (Å²) in [5.74, 6) is 0. The molecule has 0 saturated carbocycles. The van der Waals surface area contributed by atoms with Crippen molar-refractivity contribution in [3.8, 4) is 22.3 Å². The zero-order valence-electron chi connectivity index (χ0n) is 17.6. The fourth-order valence-corrected chi connectivity index (χ4v) is 5.12. The molecule has 0 saturated heterocycles. The molecule has 0 N–H and O–H groups in total. The third-order valence-corrected chi connectivity index (χ3v) is 6.58. The summed E-state index contributed by atoms with van der Waals surface area (Å²) in [5.41, 5.74) is 10.5. The Kier molecular flexibility index (Phi) is 5.65. The first-order valence-corrected chi connectivity index (χ1v) is 11.1. The summed E-state index contributed by atoms with van der Waals surface area (Å²) in [4.78, 5) is 0. The van der Waals surface area contributed by atoms with Crippen molar-refractivity contribution in [3.05, 3.63) is 107 Å². The Labute approximate surface area is 176 Å². The predicted molar refractivity (Wildman–Crippen MR) is 130 cm³/mol. The Balaban J connectivity index is 1.87. The van der Waals surface area contributed by atoms with Crippen LogP contribution in [0, 0.1) is 27.7 Å². The minimum Gasteiger partial charge on any atom is -0.0622 e. The predicted octanol–water partition coefficient (Wildman–Crippen LogP) is 6.88. The minimum absolute atomic E-state index is 0.648. The van der Waals surface area contributed by atoms with E-state index in [1.165, 1.54) is 55.1 Å². The van der Waals surface area contributed by atoms with E-state index < -0.39 is 0 Å². The summed E-state index contributed by atoms with van der Waals surface area (Å²) >= 11 is 0. The van der Waals surface area contributed by atoms with Gasteiger partial charge in [0, 0.05) is 0 Å². The molecule has 4 aromatic carbocycles. The van der Waals surface area contributed by atoms with Gasteiger partial charge in [0.05, 0.1) is 0 Å². The van der Waals surface area contributed by atoms with Crippen molar-refractivity contribution in [2.45, 2.75) is 27.7 Å². The molecule has 0 spiro atoms. The summed E-state index contributed by atoms with van der Waals surface area (Å²) in [6.07, 6.45) is 0. The molecule has 0 amide bonds. The Bertz CT molecular complexity index is 1090. The summed E-state index contributed by atoms with van der Waals surface area (Å²) in [6, 6.07) is 31.4. The second-order valence-corrected chi connectivity index (χ2v) is 9.33.